The number of para-hydroxylation sites is 1. The van der Waals surface area contributed by atoms with Crippen molar-refractivity contribution in [3.63, 3.8) is 0 Å². The van der Waals surface area contributed by atoms with Crippen molar-refractivity contribution in [1.82, 2.24) is 14.9 Å². The van der Waals surface area contributed by atoms with E-state index in [0.29, 0.717) is 27.8 Å². The normalized spacial score (nSPS) is 11.2. The maximum atomic E-state index is 12.9. The van der Waals surface area contributed by atoms with Gasteiger partial charge >= 0.3 is 0 Å². The summed E-state index contributed by atoms with van der Waals surface area (Å²) in [4.78, 5) is 29.6. The number of amides is 1. The number of hydrogen-bond acceptors (Lipinski definition) is 5. The summed E-state index contributed by atoms with van der Waals surface area (Å²) in [7, 11) is 0. The van der Waals surface area contributed by atoms with Gasteiger partial charge in [-0.2, -0.15) is 0 Å². The highest BCUT2D eigenvalue weighted by Gasteiger charge is 2.15. The third-order valence-electron chi connectivity index (χ3n) is 3.84. The number of fused-ring (bicyclic) bond motifs is 1. The first kappa shape index (κ1) is 18.7. The summed E-state index contributed by atoms with van der Waals surface area (Å²) in [6.07, 6.45) is 0.949. The quantitative estimate of drug-likeness (QED) is 0.496. The zero-order chi connectivity index (χ0) is 18.5. The van der Waals surface area contributed by atoms with Crippen LogP contribution < -0.4 is 10.9 Å². The first-order valence-electron chi connectivity index (χ1n) is 8.51. The average Bonchev–Trinajstić information content (AvgIpc) is 3.09. The van der Waals surface area contributed by atoms with E-state index in [4.69, 9.17) is 0 Å². The Bertz CT molecular complexity index is 948. The van der Waals surface area contributed by atoms with Crippen LogP contribution in [-0.4, -0.2) is 27.8 Å². The van der Waals surface area contributed by atoms with Crippen LogP contribution in [0.3, 0.4) is 0 Å². The molecule has 0 bridgehead atoms. The minimum absolute atomic E-state index is 0.0464. The van der Waals surface area contributed by atoms with Crippen LogP contribution in [0.4, 0.5) is 0 Å². The monoisotopic (exact) mass is 387 g/mol. The Labute approximate surface area is 160 Å². The molecule has 3 rings (SSSR count). The number of thioether (sulfide) groups is 1. The van der Waals surface area contributed by atoms with Crippen molar-refractivity contribution in [1.29, 1.82) is 0 Å². The number of aromatic nitrogens is 2. The molecule has 7 heteroatoms. The fourth-order valence-electron chi connectivity index (χ4n) is 2.48. The predicted molar refractivity (Wildman–Crippen MR) is 108 cm³/mol. The fourth-order valence-corrected chi connectivity index (χ4v) is 4.08. The lowest BCUT2D eigenvalue weighted by atomic mass is 10.1. The molecule has 3 aromatic rings. The Morgan fingerprint density at radius 3 is 2.77 bits per heavy atom. The van der Waals surface area contributed by atoms with Crippen molar-refractivity contribution in [3.05, 3.63) is 52.1 Å². The molecule has 0 radical (unpaired) electrons. The molecular weight excluding hydrogens is 366 g/mol. The number of nitrogens with one attached hydrogen (secondary N) is 1. The van der Waals surface area contributed by atoms with Crippen molar-refractivity contribution in [2.75, 3.05) is 12.3 Å². The molecule has 0 aliphatic carbocycles. The largest absolute Gasteiger partial charge is 0.355 e. The molecule has 136 valence electrons. The van der Waals surface area contributed by atoms with Gasteiger partial charge in [-0.15, -0.1) is 11.3 Å². The van der Waals surface area contributed by atoms with Gasteiger partial charge in [-0.3, -0.25) is 14.2 Å². The van der Waals surface area contributed by atoms with Crippen LogP contribution in [0.25, 0.3) is 15.9 Å². The molecule has 2 heterocycles. The van der Waals surface area contributed by atoms with Crippen LogP contribution in [0.1, 0.15) is 20.3 Å². The molecule has 0 aliphatic heterocycles. The van der Waals surface area contributed by atoms with E-state index in [2.05, 4.69) is 24.1 Å². The first-order chi connectivity index (χ1) is 12.6. The molecule has 5 nitrogen and oxygen atoms in total. The molecule has 0 atom stereocenters. The van der Waals surface area contributed by atoms with Gasteiger partial charge in [0.1, 0.15) is 4.70 Å². The number of benzene rings is 1. The van der Waals surface area contributed by atoms with Gasteiger partial charge in [-0.1, -0.05) is 43.8 Å². The van der Waals surface area contributed by atoms with Crippen LogP contribution >= 0.6 is 23.1 Å². The standard InChI is InChI=1S/C19H21N3O2S2/c1-13(2)8-10-20-16(23)12-26-19-21-15-9-11-25-17(15)18(24)22(19)14-6-4-3-5-7-14/h3-7,9,11,13H,8,10,12H2,1-2H3,(H,20,23). The van der Waals surface area contributed by atoms with Gasteiger partial charge in [0, 0.05) is 6.54 Å². The van der Waals surface area contributed by atoms with E-state index in [1.807, 2.05) is 41.8 Å². The van der Waals surface area contributed by atoms with Gasteiger partial charge in [0.25, 0.3) is 5.56 Å². The molecule has 0 spiro atoms. The highest BCUT2D eigenvalue weighted by molar-refractivity contribution is 7.99. The summed E-state index contributed by atoms with van der Waals surface area (Å²) in [6, 6.07) is 11.2. The Hall–Kier alpha value is -2.12. The molecule has 1 amide bonds. The maximum absolute atomic E-state index is 12.9. The second-order valence-corrected chi connectivity index (χ2v) is 8.19. The predicted octanol–water partition coefficient (Wildman–Crippen LogP) is 3.70. The van der Waals surface area contributed by atoms with Crippen LogP contribution in [0, 0.1) is 5.92 Å². The number of rotatable bonds is 7. The summed E-state index contributed by atoms with van der Waals surface area (Å²) in [5.74, 6) is 0.733. The third-order valence-corrected chi connectivity index (χ3v) is 5.67. The molecular formula is C19H21N3O2S2. The second kappa shape index (κ2) is 8.51. The number of carbonyl (C=O) groups excluding carboxylic acids is 1. The molecule has 0 fully saturated rings. The first-order valence-corrected chi connectivity index (χ1v) is 10.4. The van der Waals surface area contributed by atoms with Crippen LogP contribution in [0.5, 0.6) is 0 Å². The highest BCUT2D eigenvalue weighted by Crippen LogP contribution is 2.23. The lowest BCUT2D eigenvalue weighted by molar-refractivity contribution is -0.118. The third kappa shape index (κ3) is 4.34. The summed E-state index contributed by atoms with van der Waals surface area (Å²) < 4.78 is 2.21. The van der Waals surface area contributed by atoms with Gasteiger partial charge in [0.05, 0.1) is 17.0 Å². The Morgan fingerprint density at radius 1 is 1.27 bits per heavy atom. The van der Waals surface area contributed by atoms with E-state index in [1.54, 1.807) is 4.57 Å². The van der Waals surface area contributed by atoms with Crippen molar-refractivity contribution in [2.45, 2.75) is 25.4 Å². The number of carbonyl (C=O) groups is 1. The maximum Gasteiger partial charge on any atom is 0.276 e. The van der Waals surface area contributed by atoms with E-state index < -0.39 is 0 Å². The van der Waals surface area contributed by atoms with E-state index in [1.165, 1.54) is 23.1 Å². The van der Waals surface area contributed by atoms with Crippen molar-refractivity contribution in [2.24, 2.45) is 5.92 Å². The summed E-state index contributed by atoms with van der Waals surface area (Å²) in [6.45, 7) is 4.92. The van der Waals surface area contributed by atoms with E-state index in [0.717, 1.165) is 12.1 Å². The Morgan fingerprint density at radius 2 is 2.04 bits per heavy atom. The molecule has 0 saturated carbocycles. The zero-order valence-electron chi connectivity index (χ0n) is 14.8. The average molecular weight is 388 g/mol. The molecule has 2 aromatic heterocycles. The van der Waals surface area contributed by atoms with Crippen LogP contribution in [0.2, 0.25) is 0 Å². The van der Waals surface area contributed by atoms with E-state index >= 15 is 0 Å². The second-order valence-electron chi connectivity index (χ2n) is 6.33. The van der Waals surface area contributed by atoms with Gasteiger partial charge in [-0.05, 0) is 35.9 Å². The molecule has 1 aromatic carbocycles. The minimum Gasteiger partial charge on any atom is -0.355 e. The lowest BCUT2D eigenvalue weighted by Crippen LogP contribution is -2.27. The lowest BCUT2D eigenvalue weighted by Gasteiger charge is -2.12. The van der Waals surface area contributed by atoms with Crippen molar-refractivity contribution < 1.29 is 4.79 Å². The van der Waals surface area contributed by atoms with Crippen molar-refractivity contribution >= 4 is 39.2 Å². The minimum atomic E-state index is -0.0982. The fraction of sp³-hybridized carbons (Fsp3) is 0.316. The van der Waals surface area contributed by atoms with Gasteiger partial charge in [0.2, 0.25) is 5.91 Å². The van der Waals surface area contributed by atoms with Crippen LogP contribution in [0.15, 0.2) is 51.7 Å². The highest BCUT2D eigenvalue weighted by atomic mass is 32.2. The van der Waals surface area contributed by atoms with Crippen molar-refractivity contribution in [3.8, 4) is 5.69 Å². The summed E-state index contributed by atoms with van der Waals surface area (Å²) in [5.41, 5.74) is 1.33. The smallest absolute Gasteiger partial charge is 0.276 e. The van der Waals surface area contributed by atoms with E-state index in [9.17, 15) is 9.59 Å². The molecule has 0 unspecified atom stereocenters. The Balaban J connectivity index is 1.85. The van der Waals surface area contributed by atoms with Crippen LogP contribution in [-0.2, 0) is 4.79 Å². The SMILES string of the molecule is CC(C)CCNC(=O)CSc1nc2ccsc2c(=O)n1-c1ccccc1. The molecule has 1 N–H and O–H groups in total. The number of nitrogens with zero attached hydrogens (tertiary/aromatic N) is 2. The zero-order valence-corrected chi connectivity index (χ0v) is 16.4. The van der Waals surface area contributed by atoms with Gasteiger partial charge in [-0.25, -0.2) is 4.98 Å². The molecule has 26 heavy (non-hydrogen) atoms. The molecule has 0 saturated heterocycles. The van der Waals surface area contributed by atoms with Gasteiger partial charge in [0.15, 0.2) is 5.16 Å². The van der Waals surface area contributed by atoms with Gasteiger partial charge < -0.3 is 5.32 Å². The molecule has 0 aliphatic rings. The van der Waals surface area contributed by atoms with E-state index in [-0.39, 0.29) is 17.2 Å². The summed E-state index contributed by atoms with van der Waals surface area (Å²) >= 11 is 2.67. The summed E-state index contributed by atoms with van der Waals surface area (Å²) in [5, 5.41) is 5.31. The number of thiophene rings is 1. The topological polar surface area (TPSA) is 64.0 Å². The number of hydrogen-bond donors (Lipinski definition) is 1. The Kier molecular flexibility index (Phi) is 6.11.